The Kier molecular flexibility index (Phi) is 7.43. The minimum atomic E-state index is -0.244. The summed E-state index contributed by atoms with van der Waals surface area (Å²) in [5.41, 5.74) is 11.5. The molecule has 1 aliphatic heterocycles. The number of nitrogen functional groups attached to an aromatic ring is 1. The lowest BCUT2D eigenvalue weighted by atomic mass is 9.90. The van der Waals surface area contributed by atoms with Crippen LogP contribution in [0.25, 0.3) is 11.3 Å². The zero-order valence-electron chi connectivity index (χ0n) is 20.9. The van der Waals surface area contributed by atoms with Gasteiger partial charge in [-0.25, -0.2) is 4.39 Å². The van der Waals surface area contributed by atoms with Crippen molar-refractivity contribution in [2.75, 3.05) is 24.1 Å². The molecule has 2 heterocycles. The van der Waals surface area contributed by atoms with Crippen LogP contribution in [0, 0.1) is 17.1 Å². The molecular weight excluding hydrogens is 477 g/mol. The molecular formula is C31H28FN5O. The highest BCUT2D eigenvalue weighted by atomic mass is 19.1. The monoisotopic (exact) mass is 505 g/mol. The van der Waals surface area contributed by atoms with Gasteiger partial charge < -0.3 is 11.1 Å². The number of anilines is 2. The molecule has 38 heavy (non-hydrogen) atoms. The number of rotatable bonds is 6. The molecule has 0 spiro atoms. The number of aromatic nitrogens is 1. The Labute approximate surface area is 221 Å². The van der Waals surface area contributed by atoms with E-state index in [1.165, 1.54) is 12.1 Å². The number of carbonyl (C=O) groups excluding carboxylic acids is 1. The molecule has 1 saturated heterocycles. The van der Waals surface area contributed by atoms with Gasteiger partial charge in [0.25, 0.3) is 5.91 Å². The average molecular weight is 506 g/mol. The van der Waals surface area contributed by atoms with Crippen LogP contribution in [0.3, 0.4) is 0 Å². The van der Waals surface area contributed by atoms with E-state index in [9.17, 15) is 14.4 Å². The molecule has 3 aromatic carbocycles. The third kappa shape index (κ3) is 5.88. The van der Waals surface area contributed by atoms with Crippen molar-refractivity contribution in [3.05, 3.63) is 113 Å². The standard InChI is InChI=1S/C31H28FN5O/c32-27-12-10-22(11-13-27)25-3-2-14-37(20-25)19-21-15-26(17-33)30(35-18-21)23-6-8-24(9-7-23)31(38)36-29-5-1-4-28(34)16-29/h1,4-13,15-16,18,25H,2-3,14,19-20,34H2,(H,36,38). The number of halogens is 1. The molecule has 3 N–H and O–H groups in total. The zero-order valence-corrected chi connectivity index (χ0v) is 20.9. The van der Waals surface area contributed by atoms with Gasteiger partial charge in [0.2, 0.25) is 0 Å². The van der Waals surface area contributed by atoms with Crippen molar-refractivity contribution >= 4 is 17.3 Å². The predicted octanol–water partition coefficient (Wildman–Crippen LogP) is 5.97. The molecule has 0 saturated carbocycles. The fourth-order valence-corrected chi connectivity index (χ4v) is 4.97. The maximum absolute atomic E-state index is 13.3. The van der Waals surface area contributed by atoms with E-state index in [4.69, 9.17) is 5.73 Å². The first kappa shape index (κ1) is 25.1. The third-order valence-electron chi connectivity index (χ3n) is 6.88. The molecule has 0 bridgehead atoms. The molecule has 0 radical (unpaired) electrons. The van der Waals surface area contributed by atoms with Gasteiger partial charge in [-0.05, 0) is 85.0 Å². The van der Waals surface area contributed by atoms with Crippen molar-refractivity contribution in [3.63, 3.8) is 0 Å². The van der Waals surface area contributed by atoms with Crippen molar-refractivity contribution in [2.24, 2.45) is 0 Å². The van der Waals surface area contributed by atoms with Crippen LogP contribution in [-0.2, 0) is 6.54 Å². The van der Waals surface area contributed by atoms with Gasteiger partial charge >= 0.3 is 0 Å². The number of nitriles is 1. The van der Waals surface area contributed by atoms with E-state index in [1.807, 2.05) is 24.4 Å². The normalized spacial score (nSPS) is 15.5. The van der Waals surface area contributed by atoms with Crippen molar-refractivity contribution in [3.8, 4) is 17.3 Å². The molecule has 1 fully saturated rings. The first-order chi connectivity index (χ1) is 18.5. The highest BCUT2D eigenvalue weighted by Crippen LogP contribution is 2.29. The van der Waals surface area contributed by atoms with Crippen LogP contribution in [0.5, 0.6) is 0 Å². The summed E-state index contributed by atoms with van der Waals surface area (Å²) < 4.78 is 13.3. The van der Waals surface area contributed by atoms with E-state index in [1.54, 1.807) is 48.5 Å². The maximum Gasteiger partial charge on any atom is 0.255 e. The van der Waals surface area contributed by atoms with Gasteiger partial charge in [-0.1, -0.05) is 30.3 Å². The van der Waals surface area contributed by atoms with Gasteiger partial charge in [-0.2, -0.15) is 5.26 Å². The number of pyridine rings is 1. The second-order valence-electron chi connectivity index (χ2n) is 9.63. The van der Waals surface area contributed by atoms with Gasteiger partial charge in [-0.3, -0.25) is 14.7 Å². The molecule has 6 nitrogen and oxygen atoms in total. The van der Waals surface area contributed by atoms with E-state index in [0.717, 1.165) is 42.6 Å². The Morgan fingerprint density at radius 3 is 2.63 bits per heavy atom. The second-order valence-corrected chi connectivity index (χ2v) is 9.63. The molecule has 0 aliphatic carbocycles. The SMILES string of the molecule is N#Cc1cc(CN2CCCC(c3ccc(F)cc3)C2)cnc1-c1ccc(C(=O)Nc2cccc(N)c2)cc1. The molecule has 1 aromatic heterocycles. The number of carbonyl (C=O) groups is 1. The molecule has 4 aromatic rings. The lowest BCUT2D eigenvalue weighted by molar-refractivity contribution is 0.102. The predicted molar refractivity (Wildman–Crippen MR) is 147 cm³/mol. The first-order valence-corrected chi connectivity index (χ1v) is 12.6. The molecule has 1 aliphatic rings. The van der Waals surface area contributed by atoms with E-state index in [2.05, 4.69) is 21.3 Å². The summed E-state index contributed by atoms with van der Waals surface area (Å²) >= 11 is 0. The summed E-state index contributed by atoms with van der Waals surface area (Å²) in [5, 5.41) is 12.7. The van der Waals surface area contributed by atoms with Crippen LogP contribution in [0.1, 0.15) is 45.8 Å². The Hall–Kier alpha value is -4.54. The Morgan fingerprint density at radius 2 is 1.89 bits per heavy atom. The molecule has 190 valence electrons. The lowest BCUT2D eigenvalue weighted by Crippen LogP contribution is -2.33. The highest BCUT2D eigenvalue weighted by molar-refractivity contribution is 6.04. The van der Waals surface area contributed by atoms with E-state index < -0.39 is 0 Å². The summed E-state index contributed by atoms with van der Waals surface area (Å²) in [6, 6.07) is 25.0. The van der Waals surface area contributed by atoms with Gasteiger partial charge in [0.1, 0.15) is 11.9 Å². The molecule has 1 amide bonds. The minimum Gasteiger partial charge on any atom is -0.399 e. The van der Waals surface area contributed by atoms with Crippen LogP contribution in [0.15, 0.2) is 85.1 Å². The van der Waals surface area contributed by atoms with Crippen LogP contribution in [-0.4, -0.2) is 28.9 Å². The second kappa shape index (κ2) is 11.2. The number of hydrogen-bond donors (Lipinski definition) is 2. The first-order valence-electron chi connectivity index (χ1n) is 12.6. The number of nitrogens with one attached hydrogen (secondary N) is 1. The zero-order chi connectivity index (χ0) is 26.5. The van der Waals surface area contributed by atoms with Crippen molar-refractivity contribution in [1.82, 2.24) is 9.88 Å². The van der Waals surface area contributed by atoms with E-state index >= 15 is 0 Å². The summed E-state index contributed by atoms with van der Waals surface area (Å²) in [5.74, 6) is -0.0965. The van der Waals surface area contributed by atoms with Gasteiger partial charge in [0.05, 0.1) is 11.3 Å². The lowest BCUT2D eigenvalue weighted by Gasteiger charge is -2.33. The summed E-state index contributed by atoms with van der Waals surface area (Å²) in [4.78, 5) is 19.6. The summed E-state index contributed by atoms with van der Waals surface area (Å²) in [6.45, 7) is 2.55. The number of nitrogens with zero attached hydrogens (tertiary/aromatic N) is 3. The van der Waals surface area contributed by atoms with Crippen molar-refractivity contribution in [1.29, 1.82) is 5.26 Å². The molecule has 5 rings (SSSR count). The van der Waals surface area contributed by atoms with Gasteiger partial charge in [-0.15, -0.1) is 0 Å². The largest absolute Gasteiger partial charge is 0.399 e. The topological polar surface area (TPSA) is 95.0 Å². The third-order valence-corrected chi connectivity index (χ3v) is 6.88. The van der Waals surface area contributed by atoms with E-state index in [0.29, 0.717) is 40.7 Å². The van der Waals surface area contributed by atoms with Crippen LogP contribution in [0.4, 0.5) is 15.8 Å². The van der Waals surface area contributed by atoms with Crippen LogP contribution in [0.2, 0.25) is 0 Å². The Morgan fingerprint density at radius 1 is 1.11 bits per heavy atom. The number of hydrogen-bond acceptors (Lipinski definition) is 5. The minimum absolute atomic E-state index is 0.215. The van der Waals surface area contributed by atoms with Crippen LogP contribution >= 0.6 is 0 Å². The van der Waals surface area contributed by atoms with Crippen LogP contribution < -0.4 is 11.1 Å². The van der Waals surface area contributed by atoms with Crippen molar-refractivity contribution in [2.45, 2.75) is 25.3 Å². The number of piperidine rings is 1. The van der Waals surface area contributed by atoms with E-state index in [-0.39, 0.29) is 11.7 Å². The molecule has 1 unspecified atom stereocenters. The Bertz CT molecular complexity index is 1480. The fourth-order valence-electron chi connectivity index (χ4n) is 4.97. The average Bonchev–Trinajstić information content (AvgIpc) is 2.93. The number of benzene rings is 3. The quantitative estimate of drug-likeness (QED) is 0.315. The summed E-state index contributed by atoms with van der Waals surface area (Å²) in [7, 11) is 0. The summed E-state index contributed by atoms with van der Waals surface area (Å²) in [6.07, 6.45) is 3.96. The van der Waals surface area contributed by atoms with Gasteiger partial charge in [0, 0.05) is 41.8 Å². The Balaban J connectivity index is 1.26. The molecule has 7 heteroatoms. The molecule has 1 atom stereocenters. The number of likely N-dealkylation sites (tertiary alicyclic amines) is 1. The van der Waals surface area contributed by atoms with Gasteiger partial charge in [0.15, 0.2) is 0 Å². The highest BCUT2D eigenvalue weighted by Gasteiger charge is 2.22. The fraction of sp³-hybridized carbons (Fsp3) is 0.194. The number of amides is 1. The number of nitrogens with two attached hydrogens (primary N) is 1. The maximum atomic E-state index is 13.3. The smallest absolute Gasteiger partial charge is 0.255 e. The van der Waals surface area contributed by atoms with Crippen molar-refractivity contribution < 1.29 is 9.18 Å².